The largest absolute Gasteiger partial charge is 0.493 e. The van der Waals surface area contributed by atoms with E-state index in [-0.39, 0.29) is 18.4 Å². The molecule has 1 saturated heterocycles. The van der Waals surface area contributed by atoms with Crippen LogP contribution in [0.3, 0.4) is 0 Å². The smallest absolute Gasteiger partial charge is 0.239 e. The summed E-state index contributed by atoms with van der Waals surface area (Å²) in [6.45, 7) is 0.817. The third kappa shape index (κ3) is 3.49. The predicted molar refractivity (Wildman–Crippen MR) is 98.3 cm³/mol. The first-order valence-electron chi connectivity index (χ1n) is 8.49. The third-order valence-corrected chi connectivity index (χ3v) is 4.53. The number of nitrogens with zero attached hydrogens (tertiary/aromatic N) is 1. The summed E-state index contributed by atoms with van der Waals surface area (Å²) in [4.78, 5) is 26.8. The molecule has 1 fully saturated rings. The first-order valence-corrected chi connectivity index (χ1v) is 8.49. The number of carbonyl (C=O) groups is 2. The van der Waals surface area contributed by atoms with Crippen molar-refractivity contribution in [1.82, 2.24) is 5.32 Å². The average molecular weight is 354 g/mol. The fraction of sp³-hybridized carbons (Fsp3) is 0.300. The van der Waals surface area contributed by atoms with E-state index < -0.39 is 5.92 Å². The molecular weight excluding hydrogens is 332 g/mol. The zero-order chi connectivity index (χ0) is 18.5. The van der Waals surface area contributed by atoms with Crippen LogP contribution in [0.15, 0.2) is 48.5 Å². The highest BCUT2D eigenvalue weighted by Crippen LogP contribution is 2.31. The molecular formula is C20H22N2O4. The van der Waals surface area contributed by atoms with Crippen LogP contribution >= 0.6 is 0 Å². The number of anilines is 1. The van der Waals surface area contributed by atoms with Gasteiger partial charge < -0.3 is 19.7 Å². The number of para-hydroxylation sites is 2. The number of carbonyl (C=O) groups excluding carboxylic acids is 2. The van der Waals surface area contributed by atoms with Crippen LogP contribution in [0.2, 0.25) is 0 Å². The summed E-state index contributed by atoms with van der Waals surface area (Å²) in [6.07, 6.45) is 0.509. The van der Waals surface area contributed by atoms with Crippen LogP contribution in [0.1, 0.15) is 12.0 Å². The summed E-state index contributed by atoms with van der Waals surface area (Å²) < 4.78 is 10.6. The maximum absolute atomic E-state index is 12.6. The van der Waals surface area contributed by atoms with Crippen molar-refractivity contribution in [3.05, 3.63) is 54.1 Å². The molecule has 26 heavy (non-hydrogen) atoms. The van der Waals surface area contributed by atoms with Crippen molar-refractivity contribution < 1.29 is 19.1 Å². The van der Waals surface area contributed by atoms with Crippen molar-refractivity contribution in [3.63, 3.8) is 0 Å². The summed E-state index contributed by atoms with van der Waals surface area (Å²) in [6, 6.07) is 14.9. The van der Waals surface area contributed by atoms with Gasteiger partial charge in [0.1, 0.15) is 5.92 Å². The van der Waals surface area contributed by atoms with Gasteiger partial charge in [-0.05, 0) is 24.6 Å². The normalized spacial score (nSPS) is 16.5. The van der Waals surface area contributed by atoms with Gasteiger partial charge in [-0.15, -0.1) is 0 Å². The average Bonchev–Trinajstić information content (AvgIpc) is 3.07. The second-order valence-corrected chi connectivity index (χ2v) is 6.04. The Balaban J connectivity index is 1.66. The molecule has 1 aliphatic rings. The second kappa shape index (κ2) is 7.91. The molecule has 0 spiro atoms. The van der Waals surface area contributed by atoms with E-state index in [9.17, 15) is 9.59 Å². The number of benzene rings is 2. The number of nitrogens with one attached hydrogen (secondary N) is 1. The molecule has 1 N–H and O–H groups in total. The molecule has 0 saturated carbocycles. The molecule has 2 aromatic carbocycles. The Morgan fingerprint density at radius 2 is 1.88 bits per heavy atom. The molecule has 1 heterocycles. The fourth-order valence-corrected chi connectivity index (χ4v) is 3.19. The lowest BCUT2D eigenvalue weighted by molar-refractivity contribution is -0.132. The van der Waals surface area contributed by atoms with Crippen molar-refractivity contribution in [2.75, 3.05) is 25.7 Å². The van der Waals surface area contributed by atoms with Crippen LogP contribution in [0.5, 0.6) is 11.5 Å². The monoisotopic (exact) mass is 354 g/mol. The molecule has 1 atom stereocenters. The van der Waals surface area contributed by atoms with Crippen LogP contribution in [-0.4, -0.2) is 32.6 Å². The summed E-state index contributed by atoms with van der Waals surface area (Å²) in [5.74, 6) is 0.0989. The van der Waals surface area contributed by atoms with Gasteiger partial charge in [0.05, 0.1) is 14.2 Å². The van der Waals surface area contributed by atoms with Crippen molar-refractivity contribution in [1.29, 1.82) is 0 Å². The highest BCUT2D eigenvalue weighted by atomic mass is 16.5. The van der Waals surface area contributed by atoms with Gasteiger partial charge in [0.2, 0.25) is 11.8 Å². The Labute approximate surface area is 152 Å². The molecule has 0 aromatic heterocycles. The number of methoxy groups -OCH3 is 2. The zero-order valence-electron chi connectivity index (χ0n) is 14.9. The van der Waals surface area contributed by atoms with E-state index in [0.29, 0.717) is 24.5 Å². The van der Waals surface area contributed by atoms with E-state index in [4.69, 9.17) is 9.47 Å². The first kappa shape index (κ1) is 17.8. The molecule has 3 rings (SSSR count). The van der Waals surface area contributed by atoms with Gasteiger partial charge in [-0.3, -0.25) is 9.59 Å². The molecule has 136 valence electrons. The summed E-state index contributed by atoms with van der Waals surface area (Å²) in [7, 11) is 3.12. The molecule has 0 aliphatic carbocycles. The van der Waals surface area contributed by atoms with E-state index >= 15 is 0 Å². The molecule has 0 bridgehead atoms. The molecule has 6 heteroatoms. The van der Waals surface area contributed by atoms with Gasteiger partial charge in [-0.1, -0.05) is 30.3 Å². The van der Waals surface area contributed by atoms with Crippen molar-refractivity contribution >= 4 is 17.5 Å². The van der Waals surface area contributed by atoms with Gasteiger partial charge in [0.25, 0.3) is 0 Å². The topological polar surface area (TPSA) is 67.9 Å². The number of rotatable bonds is 6. The van der Waals surface area contributed by atoms with Gasteiger partial charge in [0.15, 0.2) is 11.5 Å². The Hall–Kier alpha value is -3.02. The van der Waals surface area contributed by atoms with Crippen LogP contribution in [0.4, 0.5) is 5.69 Å². The van der Waals surface area contributed by atoms with Crippen molar-refractivity contribution in [2.45, 2.75) is 13.0 Å². The summed E-state index contributed by atoms with van der Waals surface area (Å²) in [5, 5.41) is 2.85. The van der Waals surface area contributed by atoms with Gasteiger partial charge in [-0.25, -0.2) is 0 Å². The van der Waals surface area contributed by atoms with E-state index in [1.807, 2.05) is 42.5 Å². The molecule has 1 aliphatic heterocycles. The maximum Gasteiger partial charge on any atom is 0.239 e. The van der Waals surface area contributed by atoms with Crippen molar-refractivity contribution in [2.24, 2.45) is 5.92 Å². The standard InChI is InChI=1S/C20H22N2O4/c1-25-17-10-6-7-14(18(17)26-2)13-21-19(23)16-11-12-22(20(16)24)15-8-4-3-5-9-15/h3-10,16H,11-13H2,1-2H3,(H,21,23). The molecule has 6 nitrogen and oxygen atoms in total. The fourth-order valence-electron chi connectivity index (χ4n) is 3.19. The quantitative estimate of drug-likeness (QED) is 0.809. The highest BCUT2D eigenvalue weighted by Gasteiger charge is 2.37. The first-order chi connectivity index (χ1) is 12.7. The van der Waals surface area contributed by atoms with Gasteiger partial charge in [0, 0.05) is 24.3 Å². The van der Waals surface area contributed by atoms with E-state index in [0.717, 1.165) is 11.3 Å². The lowest BCUT2D eigenvalue weighted by Gasteiger charge is -2.17. The summed E-state index contributed by atoms with van der Waals surface area (Å²) >= 11 is 0. The predicted octanol–water partition coefficient (Wildman–Crippen LogP) is 2.37. The minimum atomic E-state index is -0.660. The lowest BCUT2D eigenvalue weighted by atomic mass is 10.1. The van der Waals surface area contributed by atoms with Crippen molar-refractivity contribution in [3.8, 4) is 11.5 Å². The minimum absolute atomic E-state index is 0.161. The van der Waals surface area contributed by atoms with Crippen LogP contribution in [0, 0.1) is 5.92 Å². The summed E-state index contributed by atoms with van der Waals surface area (Å²) in [5.41, 5.74) is 1.62. The van der Waals surface area contributed by atoms with E-state index in [1.54, 1.807) is 25.2 Å². The molecule has 2 aromatic rings. The second-order valence-electron chi connectivity index (χ2n) is 6.04. The van der Waals surface area contributed by atoms with E-state index in [2.05, 4.69) is 5.32 Å². The number of amides is 2. The highest BCUT2D eigenvalue weighted by molar-refractivity contribution is 6.09. The Bertz CT molecular complexity index is 792. The third-order valence-electron chi connectivity index (χ3n) is 4.53. The number of ether oxygens (including phenoxy) is 2. The van der Waals surface area contributed by atoms with Crippen LogP contribution in [0.25, 0.3) is 0 Å². The van der Waals surface area contributed by atoms with Gasteiger partial charge in [-0.2, -0.15) is 0 Å². The number of hydrogen-bond acceptors (Lipinski definition) is 4. The lowest BCUT2D eigenvalue weighted by Crippen LogP contribution is -2.36. The van der Waals surface area contributed by atoms with Crippen LogP contribution < -0.4 is 19.7 Å². The molecule has 2 amide bonds. The Kier molecular flexibility index (Phi) is 5.41. The Morgan fingerprint density at radius 3 is 2.58 bits per heavy atom. The molecule has 1 unspecified atom stereocenters. The van der Waals surface area contributed by atoms with Gasteiger partial charge >= 0.3 is 0 Å². The maximum atomic E-state index is 12.6. The molecule has 0 radical (unpaired) electrons. The minimum Gasteiger partial charge on any atom is -0.493 e. The Morgan fingerprint density at radius 1 is 1.12 bits per heavy atom. The van der Waals surface area contributed by atoms with E-state index in [1.165, 1.54) is 0 Å². The zero-order valence-corrected chi connectivity index (χ0v) is 14.9. The van der Waals surface area contributed by atoms with Crippen LogP contribution in [-0.2, 0) is 16.1 Å². The number of hydrogen-bond donors (Lipinski definition) is 1. The SMILES string of the molecule is COc1cccc(CNC(=O)C2CCN(c3ccccc3)C2=O)c1OC.